The Morgan fingerprint density at radius 2 is 1.65 bits per heavy atom. The SMILES string of the molecule is C=C1[C@@H]2C(=O)[C@@]3(C)[C@@H](O[C@@]14[C@@H](OC(C)=O)C(=O)O[C@@H](c1ccoc1)[C@]4(C)[C@H]2O)[C@@H](OC(=O)C(C)C)[C@H](OC(C)=O)C(C)(C)[C@@H]3CC(=O)OC. The van der Waals surface area contributed by atoms with Gasteiger partial charge in [0.1, 0.15) is 23.9 Å². The molecule has 2 aliphatic heterocycles. The normalized spacial score (nSPS) is 39.2. The number of carbonyl (C=O) groups is 6. The molecule has 14 nitrogen and oxygen atoms in total. The fraction of sp³-hybridized carbons (Fsp3) is 0.657. The van der Waals surface area contributed by atoms with E-state index in [0.29, 0.717) is 5.56 Å². The van der Waals surface area contributed by atoms with E-state index in [1.807, 2.05) is 0 Å². The van der Waals surface area contributed by atoms with Gasteiger partial charge >= 0.3 is 29.8 Å². The van der Waals surface area contributed by atoms with Crippen LogP contribution in [0.2, 0.25) is 0 Å². The zero-order chi connectivity index (χ0) is 36.6. The number of fused-ring (bicyclic) bond motifs is 2. The molecular weight excluding hydrogens is 644 g/mol. The average molecular weight is 689 g/mol. The lowest BCUT2D eigenvalue weighted by molar-refractivity contribution is -0.317. The van der Waals surface area contributed by atoms with Crippen LogP contribution in [0.5, 0.6) is 0 Å². The number of carbonyl (C=O) groups excluding carboxylic acids is 6. The Hall–Kier alpha value is -4.04. The summed E-state index contributed by atoms with van der Waals surface area (Å²) in [6.07, 6.45) is -6.99. The van der Waals surface area contributed by atoms with E-state index in [4.69, 9.17) is 32.8 Å². The van der Waals surface area contributed by atoms with E-state index in [2.05, 4.69) is 6.58 Å². The molecular formula is C35H44O14. The molecule has 11 atom stereocenters. The first-order chi connectivity index (χ1) is 22.7. The van der Waals surface area contributed by atoms with Gasteiger partial charge in [-0.1, -0.05) is 34.3 Å². The van der Waals surface area contributed by atoms with Crippen molar-refractivity contribution < 1.29 is 66.7 Å². The molecule has 2 aliphatic carbocycles. The van der Waals surface area contributed by atoms with Crippen LogP contribution in [-0.2, 0) is 57.2 Å². The van der Waals surface area contributed by atoms with Gasteiger partial charge in [0.25, 0.3) is 0 Å². The molecule has 1 aromatic rings. The molecule has 14 heteroatoms. The van der Waals surface area contributed by atoms with Crippen molar-refractivity contribution >= 4 is 35.6 Å². The van der Waals surface area contributed by atoms with Gasteiger partial charge in [-0.2, -0.15) is 0 Å². The first-order valence-electron chi connectivity index (χ1n) is 16.2. The Labute approximate surface area is 283 Å². The highest BCUT2D eigenvalue weighted by molar-refractivity contribution is 5.95. The predicted molar refractivity (Wildman–Crippen MR) is 165 cm³/mol. The van der Waals surface area contributed by atoms with Crippen molar-refractivity contribution in [1.29, 1.82) is 0 Å². The molecule has 0 radical (unpaired) electrons. The first-order valence-corrected chi connectivity index (χ1v) is 16.2. The van der Waals surface area contributed by atoms with Crippen LogP contribution in [-0.4, -0.2) is 84.0 Å². The van der Waals surface area contributed by atoms with E-state index < -0.39 is 112 Å². The number of ketones is 1. The third kappa shape index (κ3) is 4.96. The van der Waals surface area contributed by atoms with Crippen LogP contribution < -0.4 is 0 Å². The second-order valence-corrected chi connectivity index (χ2v) is 14.8. The van der Waals surface area contributed by atoms with Crippen molar-refractivity contribution in [1.82, 2.24) is 0 Å². The topological polar surface area (TPSA) is 191 Å². The minimum Gasteiger partial charge on any atom is -0.472 e. The molecule has 268 valence electrons. The largest absolute Gasteiger partial charge is 0.472 e. The van der Waals surface area contributed by atoms with Gasteiger partial charge in [-0.15, -0.1) is 0 Å². The van der Waals surface area contributed by atoms with Crippen LogP contribution in [0.15, 0.2) is 35.2 Å². The predicted octanol–water partition coefficient (Wildman–Crippen LogP) is 2.79. The highest BCUT2D eigenvalue weighted by Gasteiger charge is 2.83. The Kier molecular flexibility index (Phi) is 8.93. The summed E-state index contributed by atoms with van der Waals surface area (Å²) in [5.41, 5.74) is -6.82. The van der Waals surface area contributed by atoms with E-state index in [1.165, 1.54) is 46.5 Å². The summed E-state index contributed by atoms with van der Waals surface area (Å²) in [5, 5.41) is 12.4. The summed E-state index contributed by atoms with van der Waals surface area (Å²) in [5.74, 6) is -7.93. The number of esters is 5. The van der Waals surface area contributed by atoms with E-state index in [-0.39, 0.29) is 12.0 Å². The van der Waals surface area contributed by atoms with Gasteiger partial charge in [0.15, 0.2) is 11.9 Å². The second-order valence-electron chi connectivity index (χ2n) is 14.8. The van der Waals surface area contributed by atoms with E-state index in [0.717, 1.165) is 6.92 Å². The minimum atomic E-state index is -2.20. The molecule has 49 heavy (non-hydrogen) atoms. The number of methoxy groups -OCH3 is 1. The zero-order valence-corrected chi connectivity index (χ0v) is 29.1. The number of aliphatic hydroxyl groups is 1. The molecule has 2 saturated heterocycles. The smallest absolute Gasteiger partial charge is 0.351 e. The van der Waals surface area contributed by atoms with Crippen LogP contribution in [0.4, 0.5) is 0 Å². The number of furan rings is 1. The number of cyclic esters (lactones) is 1. The summed E-state index contributed by atoms with van der Waals surface area (Å²) in [4.78, 5) is 81.1. The van der Waals surface area contributed by atoms with Gasteiger partial charge in [0, 0.05) is 24.8 Å². The Bertz CT molecular complexity index is 1580. The van der Waals surface area contributed by atoms with E-state index >= 15 is 4.79 Å². The quantitative estimate of drug-likeness (QED) is 0.250. The van der Waals surface area contributed by atoms with Crippen LogP contribution in [0.1, 0.15) is 73.5 Å². The van der Waals surface area contributed by atoms with Crippen molar-refractivity contribution in [2.24, 2.45) is 34.0 Å². The average Bonchev–Trinajstić information content (AvgIpc) is 3.59. The summed E-state index contributed by atoms with van der Waals surface area (Å²) in [7, 11) is 1.19. The number of hydrogen-bond donors (Lipinski definition) is 1. The Balaban J connectivity index is 1.87. The van der Waals surface area contributed by atoms with Crippen LogP contribution >= 0.6 is 0 Å². The molecule has 1 aromatic heterocycles. The summed E-state index contributed by atoms with van der Waals surface area (Å²) in [6, 6.07) is 1.51. The van der Waals surface area contributed by atoms with E-state index in [1.54, 1.807) is 27.7 Å². The van der Waals surface area contributed by atoms with Gasteiger partial charge < -0.3 is 37.9 Å². The Morgan fingerprint density at radius 1 is 1.02 bits per heavy atom. The lowest BCUT2D eigenvalue weighted by Gasteiger charge is -2.62. The fourth-order valence-corrected chi connectivity index (χ4v) is 8.95. The third-order valence-electron chi connectivity index (χ3n) is 11.4. The van der Waals surface area contributed by atoms with Gasteiger partial charge in [-0.3, -0.25) is 24.0 Å². The molecule has 0 amide bonds. The molecule has 2 saturated carbocycles. The molecule has 3 heterocycles. The molecule has 0 aromatic carbocycles. The van der Waals surface area contributed by atoms with Crippen LogP contribution in [0.25, 0.3) is 0 Å². The summed E-state index contributed by atoms with van der Waals surface area (Å²) < 4.78 is 40.9. The number of ether oxygens (including phenoxy) is 6. The molecule has 2 bridgehead atoms. The Morgan fingerprint density at radius 3 is 2.18 bits per heavy atom. The highest BCUT2D eigenvalue weighted by atomic mass is 16.6. The van der Waals surface area contributed by atoms with Crippen molar-refractivity contribution in [3.05, 3.63) is 36.3 Å². The maximum absolute atomic E-state index is 15.4. The standard InChI is InChI=1S/C35H44O14/c1-15(2)30(41)47-23-27(45-17(4)36)32(6,7)20(13-21(38)43-10)33(8)24(39)22-16(3)35(49-28(23)33)29(46-18(5)37)31(42)48-26(19-11-12-44-14-19)34(35,9)25(22)40/h11-12,14-15,20,22-23,25-29,40H,3,13H2,1-2,4-10H3/t20-,22+,23-,25-,26-,27-,28-,29-,33-,34-,35+/m0/s1. The summed E-state index contributed by atoms with van der Waals surface area (Å²) >= 11 is 0. The lowest BCUT2D eigenvalue weighted by atomic mass is 9.49. The van der Waals surface area contributed by atoms with Gasteiger partial charge in [0.05, 0.1) is 54.8 Å². The van der Waals surface area contributed by atoms with Gasteiger partial charge in [0.2, 0.25) is 6.10 Å². The van der Waals surface area contributed by atoms with Crippen molar-refractivity contribution in [3.8, 4) is 0 Å². The first kappa shape index (κ1) is 36.2. The number of Topliss-reactive ketones (excluding diaryl/α,β-unsaturated/α-hetero) is 1. The van der Waals surface area contributed by atoms with Gasteiger partial charge in [-0.05, 0) is 31.4 Å². The molecule has 5 rings (SSSR count). The fourth-order valence-electron chi connectivity index (χ4n) is 8.95. The number of hydrogen-bond acceptors (Lipinski definition) is 14. The van der Waals surface area contributed by atoms with Gasteiger partial charge in [-0.25, -0.2) is 4.79 Å². The van der Waals surface area contributed by atoms with Crippen LogP contribution in [0, 0.1) is 34.0 Å². The molecule has 4 aliphatic rings. The van der Waals surface area contributed by atoms with Crippen LogP contribution in [0.3, 0.4) is 0 Å². The van der Waals surface area contributed by atoms with Crippen molar-refractivity contribution in [2.45, 2.75) is 104 Å². The third-order valence-corrected chi connectivity index (χ3v) is 11.4. The number of aliphatic hydroxyl groups excluding tert-OH is 1. The zero-order valence-electron chi connectivity index (χ0n) is 29.1. The molecule has 4 fully saturated rings. The minimum absolute atomic E-state index is 0.0767. The molecule has 0 unspecified atom stereocenters. The maximum Gasteiger partial charge on any atom is 0.351 e. The monoisotopic (exact) mass is 688 g/mol. The highest BCUT2D eigenvalue weighted by Crippen LogP contribution is 2.71. The lowest BCUT2D eigenvalue weighted by Crippen LogP contribution is -2.75. The van der Waals surface area contributed by atoms with Crippen molar-refractivity contribution in [2.75, 3.05) is 7.11 Å². The van der Waals surface area contributed by atoms with E-state index in [9.17, 15) is 29.1 Å². The second kappa shape index (κ2) is 12.1. The molecule has 1 spiro atoms. The maximum atomic E-state index is 15.4. The summed E-state index contributed by atoms with van der Waals surface area (Å²) in [6.45, 7) is 16.0. The van der Waals surface area contributed by atoms with Crippen molar-refractivity contribution in [3.63, 3.8) is 0 Å². The number of rotatable bonds is 7. The molecule has 1 N–H and O–H groups in total.